The standard InChI is InChI=1S/C11H12ClNO2/c1-15-11(14)10-5-8-7(6-13-10)3-2-4-9(8)12/h2-4,10,13H,5-6H2,1H3. The SMILES string of the molecule is COC(=O)C1Cc2c(Cl)cccc2CN1. The van der Waals surface area contributed by atoms with Crippen LogP contribution in [0.2, 0.25) is 5.02 Å². The topological polar surface area (TPSA) is 38.3 Å². The Morgan fingerprint density at radius 2 is 2.40 bits per heavy atom. The maximum atomic E-state index is 11.4. The van der Waals surface area contributed by atoms with Crippen molar-refractivity contribution >= 4 is 17.6 Å². The minimum Gasteiger partial charge on any atom is -0.468 e. The summed E-state index contributed by atoms with van der Waals surface area (Å²) in [5, 5.41) is 3.84. The van der Waals surface area contributed by atoms with E-state index in [9.17, 15) is 4.79 Å². The summed E-state index contributed by atoms with van der Waals surface area (Å²) in [6.45, 7) is 0.662. The highest BCUT2D eigenvalue weighted by molar-refractivity contribution is 6.31. The molecule has 0 aliphatic carbocycles. The molecule has 0 fully saturated rings. The third kappa shape index (κ3) is 1.98. The monoisotopic (exact) mass is 225 g/mol. The molecule has 1 unspecified atom stereocenters. The molecular formula is C11H12ClNO2. The number of nitrogens with one attached hydrogen (secondary N) is 1. The summed E-state index contributed by atoms with van der Waals surface area (Å²) < 4.78 is 4.70. The Morgan fingerprint density at radius 3 is 3.13 bits per heavy atom. The van der Waals surface area contributed by atoms with E-state index in [4.69, 9.17) is 16.3 Å². The highest BCUT2D eigenvalue weighted by Gasteiger charge is 2.25. The molecule has 0 aromatic heterocycles. The Hall–Kier alpha value is -1.06. The van der Waals surface area contributed by atoms with Gasteiger partial charge >= 0.3 is 5.97 Å². The number of carbonyl (C=O) groups is 1. The van der Waals surface area contributed by atoms with Crippen LogP contribution < -0.4 is 5.32 Å². The van der Waals surface area contributed by atoms with Gasteiger partial charge < -0.3 is 10.1 Å². The molecular weight excluding hydrogens is 214 g/mol. The summed E-state index contributed by atoms with van der Waals surface area (Å²) in [6, 6.07) is 5.51. The molecule has 1 atom stereocenters. The van der Waals surface area contributed by atoms with Crippen molar-refractivity contribution < 1.29 is 9.53 Å². The van der Waals surface area contributed by atoms with Crippen molar-refractivity contribution in [2.45, 2.75) is 19.0 Å². The summed E-state index contributed by atoms with van der Waals surface area (Å²) in [5.41, 5.74) is 2.20. The fourth-order valence-corrected chi connectivity index (χ4v) is 2.09. The minimum atomic E-state index is -0.276. The number of rotatable bonds is 1. The van der Waals surface area contributed by atoms with Crippen molar-refractivity contribution in [3.8, 4) is 0 Å². The molecule has 80 valence electrons. The quantitative estimate of drug-likeness (QED) is 0.737. The predicted octanol–water partition coefficient (Wildman–Crippen LogP) is 1.53. The van der Waals surface area contributed by atoms with Gasteiger partial charge in [0.15, 0.2) is 0 Å². The van der Waals surface area contributed by atoms with Gasteiger partial charge in [0, 0.05) is 18.0 Å². The summed E-state index contributed by atoms with van der Waals surface area (Å²) in [5.74, 6) is -0.236. The predicted molar refractivity (Wildman–Crippen MR) is 57.8 cm³/mol. The number of ether oxygens (including phenoxy) is 1. The van der Waals surface area contributed by atoms with E-state index in [-0.39, 0.29) is 12.0 Å². The van der Waals surface area contributed by atoms with Crippen LogP contribution in [0.15, 0.2) is 18.2 Å². The first-order valence-corrected chi connectivity index (χ1v) is 5.17. The maximum absolute atomic E-state index is 11.4. The third-order valence-corrected chi connectivity index (χ3v) is 3.00. The molecule has 15 heavy (non-hydrogen) atoms. The van der Waals surface area contributed by atoms with Crippen LogP contribution in [0.25, 0.3) is 0 Å². The Morgan fingerprint density at radius 1 is 1.60 bits per heavy atom. The van der Waals surface area contributed by atoms with Crippen LogP contribution in [-0.4, -0.2) is 19.1 Å². The molecule has 0 saturated heterocycles. The lowest BCUT2D eigenvalue weighted by Crippen LogP contribution is -2.42. The number of hydrogen-bond acceptors (Lipinski definition) is 3. The van der Waals surface area contributed by atoms with E-state index in [0.717, 1.165) is 16.1 Å². The summed E-state index contributed by atoms with van der Waals surface area (Å²) >= 11 is 6.08. The molecule has 1 aliphatic rings. The van der Waals surface area contributed by atoms with E-state index in [1.54, 1.807) is 0 Å². The molecule has 0 saturated carbocycles. The number of halogens is 1. The van der Waals surface area contributed by atoms with E-state index in [2.05, 4.69) is 5.32 Å². The second-order valence-corrected chi connectivity index (χ2v) is 3.95. The van der Waals surface area contributed by atoms with Crippen molar-refractivity contribution in [1.29, 1.82) is 0 Å². The van der Waals surface area contributed by atoms with Gasteiger partial charge in [-0.15, -0.1) is 0 Å². The Labute approximate surface area is 93.4 Å². The van der Waals surface area contributed by atoms with E-state index < -0.39 is 0 Å². The number of fused-ring (bicyclic) bond motifs is 1. The molecule has 1 heterocycles. The lowest BCUT2D eigenvalue weighted by molar-refractivity contribution is -0.143. The van der Waals surface area contributed by atoms with E-state index in [0.29, 0.717) is 13.0 Å². The Kier molecular flexibility index (Phi) is 2.93. The molecule has 0 bridgehead atoms. The smallest absolute Gasteiger partial charge is 0.323 e. The molecule has 4 heteroatoms. The fourth-order valence-electron chi connectivity index (χ4n) is 1.82. The number of methoxy groups -OCH3 is 1. The summed E-state index contributed by atoms with van der Waals surface area (Å²) in [4.78, 5) is 11.4. The molecule has 2 rings (SSSR count). The van der Waals surface area contributed by atoms with E-state index >= 15 is 0 Å². The highest BCUT2D eigenvalue weighted by atomic mass is 35.5. The first-order chi connectivity index (χ1) is 7.22. The minimum absolute atomic E-state index is 0.236. The molecule has 1 aromatic carbocycles. The number of esters is 1. The van der Waals surface area contributed by atoms with Gasteiger partial charge in [-0.2, -0.15) is 0 Å². The van der Waals surface area contributed by atoms with Crippen LogP contribution in [0.3, 0.4) is 0 Å². The number of hydrogen-bond donors (Lipinski definition) is 1. The lowest BCUT2D eigenvalue weighted by atomic mass is 9.96. The average Bonchev–Trinajstić information content (AvgIpc) is 2.28. The van der Waals surface area contributed by atoms with Gasteiger partial charge in [0.1, 0.15) is 6.04 Å². The molecule has 1 aliphatic heterocycles. The molecule has 1 aromatic rings. The molecule has 3 nitrogen and oxygen atoms in total. The van der Waals surface area contributed by atoms with Crippen LogP contribution in [-0.2, 0) is 22.5 Å². The van der Waals surface area contributed by atoms with E-state index in [1.807, 2.05) is 18.2 Å². The van der Waals surface area contributed by atoms with Crippen LogP contribution in [0.5, 0.6) is 0 Å². The van der Waals surface area contributed by atoms with Crippen LogP contribution in [0.4, 0.5) is 0 Å². The molecule has 0 amide bonds. The first kappa shape index (κ1) is 10.5. The average molecular weight is 226 g/mol. The largest absolute Gasteiger partial charge is 0.468 e. The van der Waals surface area contributed by atoms with Gasteiger partial charge in [0.2, 0.25) is 0 Å². The maximum Gasteiger partial charge on any atom is 0.323 e. The number of benzene rings is 1. The van der Waals surface area contributed by atoms with Crippen molar-refractivity contribution in [3.63, 3.8) is 0 Å². The van der Waals surface area contributed by atoms with Crippen molar-refractivity contribution in [3.05, 3.63) is 34.3 Å². The molecule has 0 spiro atoms. The van der Waals surface area contributed by atoms with Gasteiger partial charge in [-0.25, -0.2) is 0 Å². The Bertz CT molecular complexity index is 392. The lowest BCUT2D eigenvalue weighted by Gasteiger charge is -2.24. The highest BCUT2D eigenvalue weighted by Crippen LogP contribution is 2.24. The zero-order valence-electron chi connectivity index (χ0n) is 8.42. The third-order valence-electron chi connectivity index (χ3n) is 2.65. The van der Waals surface area contributed by atoms with Gasteiger partial charge in [0.25, 0.3) is 0 Å². The van der Waals surface area contributed by atoms with Crippen LogP contribution in [0, 0.1) is 0 Å². The van der Waals surface area contributed by atoms with Gasteiger partial charge in [-0.1, -0.05) is 23.7 Å². The summed E-state index contributed by atoms with van der Waals surface area (Å²) in [7, 11) is 1.39. The van der Waals surface area contributed by atoms with Gasteiger partial charge in [0.05, 0.1) is 7.11 Å². The van der Waals surface area contributed by atoms with Gasteiger partial charge in [-0.3, -0.25) is 4.79 Å². The van der Waals surface area contributed by atoms with E-state index in [1.165, 1.54) is 7.11 Å². The summed E-state index contributed by atoms with van der Waals surface area (Å²) in [6.07, 6.45) is 0.599. The van der Waals surface area contributed by atoms with Crippen LogP contribution >= 0.6 is 11.6 Å². The zero-order valence-corrected chi connectivity index (χ0v) is 9.17. The molecule has 0 radical (unpaired) electrons. The second-order valence-electron chi connectivity index (χ2n) is 3.54. The normalized spacial score (nSPS) is 19.5. The van der Waals surface area contributed by atoms with Crippen molar-refractivity contribution in [2.75, 3.05) is 7.11 Å². The van der Waals surface area contributed by atoms with Gasteiger partial charge in [-0.05, 0) is 17.2 Å². The fraction of sp³-hybridized carbons (Fsp3) is 0.364. The second kappa shape index (κ2) is 4.21. The van der Waals surface area contributed by atoms with Crippen molar-refractivity contribution in [1.82, 2.24) is 5.32 Å². The first-order valence-electron chi connectivity index (χ1n) is 4.80. The zero-order chi connectivity index (χ0) is 10.8. The number of carbonyl (C=O) groups excluding carboxylic acids is 1. The molecule has 1 N–H and O–H groups in total. The Balaban J connectivity index is 2.26. The van der Waals surface area contributed by atoms with Crippen molar-refractivity contribution in [2.24, 2.45) is 0 Å². The van der Waals surface area contributed by atoms with Crippen LogP contribution in [0.1, 0.15) is 11.1 Å².